The van der Waals surface area contributed by atoms with Crippen LogP contribution >= 0.6 is 0 Å². The summed E-state index contributed by atoms with van der Waals surface area (Å²) in [5, 5.41) is 3.30. The molecule has 0 aliphatic carbocycles. The fourth-order valence-corrected chi connectivity index (χ4v) is 2.90. The van der Waals surface area contributed by atoms with E-state index in [0.717, 1.165) is 12.1 Å². The lowest BCUT2D eigenvalue weighted by Gasteiger charge is -2.33. The summed E-state index contributed by atoms with van der Waals surface area (Å²) in [6, 6.07) is 7.64. The lowest BCUT2D eigenvalue weighted by atomic mass is 10.1. The number of hydrogen-bond donors (Lipinski definition) is 1. The first kappa shape index (κ1) is 13.8. The number of hydrogen-bond acceptors (Lipinski definition) is 3. The summed E-state index contributed by atoms with van der Waals surface area (Å²) >= 11 is 0. The number of amides is 2. The summed E-state index contributed by atoms with van der Waals surface area (Å²) in [7, 11) is 0. The number of carbonyl (C=O) groups is 2. The molecular weight excluding hydrogens is 266 g/mol. The molecule has 1 N–H and O–H groups in total. The first-order valence-electron chi connectivity index (χ1n) is 7.19. The van der Waals surface area contributed by atoms with Crippen molar-refractivity contribution in [2.45, 2.75) is 13.0 Å². The van der Waals surface area contributed by atoms with Gasteiger partial charge >= 0.3 is 0 Å². The van der Waals surface area contributed by atoms with Crippen molar-refractivity contribution in [1.82, 2.24) is 15.1 Å². The molecule has 2 aliphatic heterocycles. The van der Waals surface area contributed by atoms with Gasteiger partial charge in [0.15, 0.2) is 0 Å². The Labute approximate surface area is 124 Å². The Balaban J connectivity index is 1.73. The standard InChI is InChI=1S/C16H19N3O2/c1-11-9-18(8-7-17-11)15(20)10-19-12(2)13-5-3-4-6-14(13)16(19)21/h3-6,11,17H,2,7-10H2,1H3/t11-/m1/s1. The molecule has 0 bridgehead atoms. The molecule has 1 saturated heterocycles. The van der Waals surface area contributed by atoms with Gasteiger partial charge in [-0.2, -0.15) is 0 Å². The number of carbonyl (C=O) groups excluding carboxylic acids is 2. The van der Waals surface area contributed by atoms with Crippen LogP contribution in [-0.2, 0) is 4.79 Å². The highest BCUT2D eigenvalue weighted by molar-refractivity contribution is 6.10. The Bertz CT molecular complexity index is 576. The highest BCUT2D eigenvalue weighted by Gasteiger charge is 2.33. The summed E-state index contributed by atoms with van der Waals surface area (Å²) in [4.78, 5) is 28.1. The number of rotatable bonds is 2. The van der Waals surface area contributed by atoms with E-state index >= 15 is 0 Å². The summed E-state index contributed by atoms with van der Waals surface area (Å²) in [5.74, 6) is -0.155. The highest BCUT2D eigenvalue weighted by Crippen LogP contribution is 2.30. The normalized spacial score (nSPS) is 21.7. The summed E-state index contributed by atoms with van der Waals surface area (Å²) in [6.07, 6.45) is 0. The zero-order chi connectivity index (χ0) is 15.0. The Morgan fingerprint density at radius 1 is 1.38 bits per heavy atom. The molecule has 110 valence electrons. The number of fused-ring (bicyclic) bond motifs is 1. The minimum absolute atomic E-state index is 0.0225. The van der Waals surface area contributed by atoms with Crippen LogP contribution in [0.1, 0.15) is 22.8 Å². The molecule has 1 atom stereocenters. The van der Waals surface area contributed by atoms with E-state index in [0.29, 0.717) is 24.4 Å². The van der Waals surface area contributed by atoms with Gasteiger partial charge in [-0.1, -0.05) is 24.8 Å². The van der Waals surface area contributed by atoms with E-state index in [1.807, 2.05) is 23.1 Å². The first-order valence-corrected chi connectivity index (χ1v) is 7.19. The smallest absolute Gasteiger partial charge is 0.259 e. The maximum Gasteiger partial charge on any atom is 0.259 e. The van der Waals surface area contributed by atoms with Gasteiger partial charge in [0.2, 0.25) is 5.91 Å². The van der Waals surface area contributed by atoms with Crippen molar-refractivity contribution in [3.63, 3.8) is 0 Å². The molecule has 5 heteroatoms. The van der Waals surface area contributed by atoms with Crippen molar-refractivity contribution >= 4 is 17.5 Å². The van der Waals surface area contributed by atoms with Crippen LogP contribution in [0, 0.1) is 0 Å². The molecule has 2 aliphatic rings. The molecule has 21 heavy (non-hydrogen) atoms. The minimum Gasteiger partial charge on any atom is -0.338 e. The molecule has 1 aromatic rings. The van der Waals surface area contributed by atoms with Crippen molar-refractivity contribution in [2.24, 2.45) is 0 Å². The van der Waals surface area contributed by atoms with Gasteiger partial charge in [-0.05, 0) is 13.0 Å². The number of nitrogens with zero attached hydrogens (tertiary/aromatic N) is 2. The van der Waals surface area contributed by atoms with Crippen LogP contribution in [0.3, 0.4) is 0 Å². The van der Waals surface area contributed by atoms with E-state index in [4.69, 9.17) is 0 Å². The quantitative estimate of drug-likeness (QED) is 0.879. The molecule has 2 amide bonds. The largest absolute Gasteiger partial charge is 0.338 e. The van der Waals surface area contributed by atoms with E-state index in [-0.39, 0.29) is 24.4 Å². The highest BCUT2D eigenvalue weighted by atomic mass is 16.2. The van der Waals surface area contributed by atoms with Crippen molar-refractivity contribution in [3.8, 4) is 0 Å². The van der Waals surface area contributed by atoms with Crippen molar-refractivity contribution in [3.05, 3.63) is 42.0 Å². The lowest BCUT2D eigenvalue weighted by Crippen LogP contribution is -2.53. The second-order valence-electron chi connectivity index (χ2n) is 5.58. The molecule has 0 saturated carbocycles. The molecular formula is C16H19N3O2. The minimum atomic E-state index is -0.132. The van der Waals surface area contributed by atoms with Gasteiger partial charge < -0.3 is 10.2 Å². The van der Waals surface area contributed by atoms with Gasteiger partial charge in [-0.25, -0.2) is 0 Å². The summed E-state index contributed by atoms with van der Waals surface area (Å²) < 4.78 is 0. The molecule has 3 rings (SSSR count). The van der Waals surface area contributed by atoms with Gasteiger partial charge in [0, 0.05) is 42.5 Å². The average Bonchev–Trinajstić information content (AvgIpc) is 2.73. The van der Waals surface area contributed by atoms with Crippen LogP contribution in [-0.4, -0.2) is 53.8 Å². The summed E-state index contributed by atoms with van der Waals surface area (Å²) in [5.41, 5.74) is 2.07. The second-order valence-corrected chi connectivity index (χ2v) is 5.58. The van der Waals surface area contributed by atoms with E-state index in [1.54, 1.807) is 6.07 Å². The number of piperazine rings is 1. The predicted octanol–water partition coefficient (Wildman–Crippen LogP) is 0.933. The third kappa shape index (κ3) is 2.45. The Morgan fingerprint density at radius 2 is 2.10 bits per heavy atom. The Kier molecular flexibility index (Phi) is 3.51. The lowest BCUT2D eigenvalue weighted by molar-refractivity contribution is -0.132. The SMILES string of the molecule is C=C1c2ccccc2C(=O)N1CC(=O)N1CCN[C@H](C)C1. The fraction of sp³-hybridized carbons (Fsp3) is 0.375. The van der Waals surface area contributed by atoms with Gasteiger partial charge in [0.05, 0.1) is 0 Å². The zero-order valence-electron chi connectivity index (χ0n) is 12.1. The molecule has 1 aromatic carbocycles. The van der Waals surface area contributed by atoms with Crippen LogP contribution in [0.25, 0.3) is 5.70 Å². The number of benzene rings is 1. The average molecular weight is 285 g/mol. The second kappa shape index (κ2) is 5.33. The van der Waals surface area contributed by atoms with Crippen molar-refractivity contribution in [2.75, 3.05) is 26.2 Å². The van der Waals surface area contributed by atoms with Gasteiger partial charge in [-0.3, -0.25) is 14.5 Å². The van der Waals surface area contributed by atoms with E-state index in [2.05, 4.69) is 18.8 Å². The topological polar surface area (TPSA) is 52.7 Å². The molecule has 1 fully saturated rings. The van der Waals surface area contributed by atoms with Gasteiger partial charge in [-0.15, -0.1) is 0 Å². The van der Waals surface area contributed by atoms with Crippen molar-refractivity contribution < 1.29 is 9.59 Å². The number of nitrogens with one attached hydrogen (secondary N) is 1. The van der Waals surface area contributed by atoms with E-state index in [1.165, 1.54) is 4.90 Å². The molecule has 0 unspecified atom stereocenters. The van der Waals surface area contributed by atoms with Gasteiger partial charge in [0.1, 0.15) is 6.54 Å². The zero-order valence-corrected chi connectivity index (χ0v) is 12.1. The summed E-state index contributed by atoms with van der Waals surface area (Å²) in [6.45, 7) is 8.24. The third-order valence-electron chi connectivity index (χ3n) is 4.05. The van der Waals surface area contributed by atoms with Crippen molar-refractivity contribution in [1.29, 1.82) is 0 Å². The first-order chi connectivity index (χ1) is 10.1. The van der Waals surface area contributed by atoms with E-state index in [9.17, 15) is 9.59 Å². The van der Waals surface area contributed by atoms with Crippen LogP contribution in [0.5, 0.6) is 0 Å². The fourth-order valence-electron chi connectivity index (χ4n) is 2.90. The third-order valence-corrected chi connectivity index (χ3v) is 4.05. The molecule has 0 aromatic heterocycles. The molecule has 5 nitrogen and oxygen atoms in total. The van der Waals surface area contributed by atoms with Crippen LogP contribution < -0.4 is 5.32 Å². The Morgan fingerprint density at radius 3 is 2.76 bits per heavy atom. The molecule has 0 spiro atoms. The Hall–Kier alpha value is -2.14. The predicted molar refractivity (Wildman–Crippen MR) is 80.6 cm³/mol. The van der Waals surface area contributed by atoms with Crippen LogP contribution in [0.4, 0.5) is 0 Å². The monoisotopic (exact) mass is 285 g/mol. The molecule has 0 radical (unpaired) electrons. The molecule has 2 heterocycles. The van der Waals surface area contributed by atoms with Crippen LogP contribution in [0.15, 0.2) is 30.8 Å². The van der Waals surface area contributed by atoms with Crippen LogP contribution in [0.2, 0.25) is 0 Å². The van der Waals surface area contributed by atoms with Gasteiger partial charge in [0.25, 0.3) is 5.91 Å². The van der Waals surface area contributed by atoms with E-state index < -0.39 is 0 Å². The maximum absolute atomic E-state index is 12.4. The maximum atomic E-state index is 12.4.